The molecule has 0 saturated heterocycles. The van der Waals surface area contributed by atoms with E-state index in [9.17, 15) is 0 Å². The van der Waals surface area contributed by atoms with Crippen molar-refractivity contribution in [1.82, 2.24) is 15.2 Å². The van der Waals surface area contributed by atoms with Gasteiger partial charge in [-0.3, -0.25) is 0 Å². The van der Waals surface area contributed by atoms with Crippen molar-refractivity contribution in [3.8, 4) is 17.1 Å². The zero-order valence-electron chi connectivity index (χ0n) is 12.7. The van der Waals surface area contributed by atoms with Crippen LogP contribution in [0.2, 0.25) is 0 Å². The summed E-state index contributed by atoms with van der Waals surface area (Å²) in [5.74, 6) is 1.39. The molecule has 4 rings (SSSR count). The van der Waals surface area contributed by atoms with E-state index in [1.807, 2.05) is 29.6 Å². The van der Waals surface area contributed by atoms with Crippen LogP contribution in [0.25, 0.3) is 11.3 Å². The van der Waals surface area contributed by atoms with Crippen molar-refractivity contribution < 1.29 is 4.74 Å². The minimum Gasteiger partial charge on any atom is -0.448 e. The highest BCUT2D eigenvalue weighted by molar-refractivity contribution is 9.10. The number of halogens is 1. The van der Waals surface area contributed by atoms with Gasteiger partial charge in [0, 0.05) is 21.3 Å². The topological polar surface area (TPSA) is 59.9 Å². The van der Waals surface area contributed by atoms with Crippen LogP contribution >= 0.6 is 39.0 Å². The molecule has 24 heavy (non-hydrogen) atoms. The van der Waals surface area contributed by atoms with Gasteiger partial charge >= 0.3 is 0 Å². The van der Waals surface area contributed by atoms with Gasteiger partial charge in [0.25, 0.3) is 0 Å². The molecule has 0 amide bonds. The zero-order valence-corrected chi connectivity index (χ0v) is 15.9. The Bertz CT molecular complexity index is 873. The van der Waals surface area contributed by atoms with Crippen LogP contribution in [-0.4, -0.2) is 20.9 Å². The van der Waals surface area contributed by atoms with Crippen LogP contribution < -0.4 is 10.1 Å². The standard InChI is InChI=1S/C16H13BrN4OS2/c1-2-24-16-19-15-13(20-21-16)11-7-10(17)3-4-12(11)18-14(22-15)9-5-6-23-8-9/h3-8,14,18H,2H2,1H3. The zero-order chi connectivity index (χ0) is 16.5. The fourth-order valence-electron chi connectivity index (χ4n) is 2.44. The number of hydrogen-bond donors (Lipinski definition) is 1. The molecule has 3 aromatic rings. The molecule has 1 aliphatic rings. The van der Waals surface area contributed by atoms with Gasteiger partial charge in [0.2, 0.25) is 11.0 Å². The lowest BCUT2D eigenvalue weighted by atomic mass is 10.1. The van der Waals surface area contributed by atoms with E-state index in [1.165, 1.54) is 0 Å². The summed E-state index contributed by atoms with van der Waals surface area (Å²) in [7, 11) is 0. The smallest absolute Gasteiger partial charge is 0.247 e. The lowest BCUT2D eigenvalue weighted by Gasteiger charge is -2.17. The Hall–Kier alpha value is -1.64. The van der Waals surface area contributed by atoms with Crippen molar-refractivity contribution in [3.05, 3.63) is 45.1 Å². The minimum absolute atomic E-state index is 0.311. The average Bonchev–Trinajstić information content (AvgIpc) is 3.06. The quantitative estimate of drug-likeness (QED) is 0.602. The molecule has 2 aromatic heterocycles. The maximum absolute atomic E-state index is 6.16. The summed E-state index contributed by atoms with van der Waals surface area (Å²) >= 11 is 6.70. The largest absolute Gasteiger partial charge is 0.448 e. The van der Waals surface area contributed by atoms with Crippen LogP contribution in [0.4, 0.5) is 5.69 Å². The first-order valence-corrected chi connectivity index (χ1v) is 10.1. The van der Waals surface area contributed by atoms with Crippen molar-refractivity contribution in [2.45, 2.75) is 18.3 Å². The third kappa shape index (κ3) is 3.01. The Balaban J connectivity index is 1.86. The van der Waals surface area contributed by atoms with Crippen LogP contribution in [0.1, 0.15) is 18.7 Å². The summed E-state index contributed by atoms with van der Waals surface area (Å²) < 4.78 is 7.13. The molecule has 1 aromatic carbocycles. The Labute approximate surface area is 156 Å². The van der Waals surface area contributed by atoms with Gasteiger partial charge in [-0.1, -0.05) is 34.6 Å². The highest BCUT2D eigenvalue weighted by atomic mass is 79.9. The third-order valence-electron chi connectivity index (χ3n) is 3.51. The second-order valence-corrected chi connectivity index (χ2v) is 8.00. The molecule has 0 radical (unpaired) electrons. The van der Waals surface area contributed by atoms with E-state index in [-0.39, 0.29) is 6.23 Å². The predicted molar refractivity (Wildman–Crippen MR) is 101 cm³/mol. The van der Waals surface area contributed by atoms with Crippen molar-refractivity contribution in [2.24, 2.45) is 0 Å². The number of aromatic nitrogens is 3. The number of nitrogens with one attached hydrogen (secondary N) is 1. The first-order chi connectivity index (χ1) is 11.7. The van der Waals surface area contributed by atoms with Gasteiger partial charge in [-0.25, -0.2) is 0 Å². The SMILES string of the molecule is CCSc1nnc2c(n1)OC(c1ccsc1)Nc1ccc(Br)cc1-2. The van der Waals surface area contributed by atoms with Crippen LogP contribution in [-0.2, 0) is 0 Å². The maximum atomic E-state index is 6.16. The fraction of sp³-hybridized carbons (Fsp3) is 0.188. The fourth-order valence-corrected chi connectivity index (χ4v) is 3.97. The molecular formula is C16H13BrN4OS2. The molecule has 122 valence electrons. The molecule has 3 heterocycles. The molecule has 0 fully saturated rings. The molecule has 1 unspecified atom stereocenters. The summed E-state index contributed by atoms with van der Waals surface area (Å²) in [6.07, 6.45) is -0.311. The van der Waals surface area contributed by atoms with Crippen LogP contribution in [0.3, 0.4) is 0 Å². The number of ether oxygens (including phenoxy) is 1. The number of rotatable bonds is 3. The van der Waals surface area contributed by atoms with Gasteiger partial charge in [0.15, 0.2) is 11.9 Å². The van der Waals surface area contributed by atoms with Gasteiger partial charge in [-0.15, -0.1) is 10.2 Å². The number of thiophene rings is 1. The Kier molecular flexibility index (Phi) is 4.43. The Morgan fingerprint density at radius 2 is 2.25 bits per heavy atom. The Morgan fingerprint density at radius 1 is 1.33 bits per heavy atom. The highest BCUT2D eigenvalue weighted by Gasteiger charge is 2.26. The molecular weight excluding hydrogens is 408 g/mol. The first-order valence-electron chi connectivity index (χ1n) is 7.37. The molecule has 0 aliphatic carbocycles. The summed E-state index contributed by atoms with van der Waals surface area (Å²) in [5, 5.41) is 16.8. The van der Waals surface area contributed by atoms with Crippen molar-refractivity contribution in [1.29, 1.82) is 0 Å². The second kappa shape index (κ2) is 6.70. The third-order valence-corrected chi connectivity index (χ3v) is 5.42. The van der Waals surface area contributed by atoms with Crippen molar-refractivity contribution in [3.63, 3.8) is 0 Å². The lowest BCUT2D eigenvalue weighted by Crippen LogP contribution is -2.16. The van der Waals surface area contributed by atoms with E-state index in [4.69, 9.17) is 4.74 Å². The number of fused-ring (bicyclic) bond motifs is 3. The molecule has 1 atom stereocenters. The van der Waals surface area contributed by atoms with Crippen LogP contribution in [0.5, 0.6) is 5.88 Å². The van der Waals surface area contributed by atoms with Gasteiger partial charge < -0.3 is 10.1 Å². The van der Waals surface area contributed by atoms with E-state index < -0.39 is 0 Å². The molecule has 0 spiro atoms. The van der Waals surface area contributed by atoms with E-state index >= 15 is 0 Å². The molecule has 0 saturated carbocycles. The first kappa shape index (κ1) is 15.9. The van der Waals surface area contributed by atoms with Gasteiger partial charge in [-0.2, -0.15) is 16.3 Å². The van der Waals surface area contributed by atoms with E-state index in [1.54, 1.807) is 23.1 Å². The van der Waals surface area contributed by atoms with E-state index in [0.717, 1.165) is 27.0 Å². The number of nitrogens with zero attached hydrogens (tertiary/aromatic N) is 3. The van der Waals surface area contributed by atoms with Crippen LogP contribution in [0, 0.1) is 0 Å². The second-order valence-electron chi connectivity index (χ2n) is 5.07. The molecule has 1 aliphatic heterocycles. The van der Waals surface area contributed by atoms with Gasteiger partial charge in [-0.05, 0) is 40.8 Å². The average molecular weight is 421 g/mol. The normalized spacial score (nSPS) is 15.7. The monoisotopic (exact) mass is 420 g/mol. The predicted octanol–water partition coefficient (Wildman–Crippen LogP) is 4.98. The van der Waals surface area contributed by atoms with Crippen LogP contribution in [0.15, 0.2) is 44.7 Å². The number of benzene rings is 1. The summed E-state index contributed by atoms with van der Waals surface area (Å²) in [5.41, 5.74) is 3.58. The summed E-state index contributed by atoms with van der Waals surface area (Å²) in [6, 6.07) is 8.04. The van der Waals surface area contributed by atoms with Gasteiger partial charge in [0.05, 0.1) is 0 Å². The van der Waals surface area contributed by atoms with Crippen molar-refractivity contribution in [2.75, 3.05) is 11.1 Å². The molecule has 1 N–H and O–H groups in total. The number of anilines is 1. The summed E-state index contributed by atoms with van der Waals surface area (Å²) in [4.78, 5) is 4.57. The van der Waals surface area contributed by atoms with Crippen molar-refractivity contribution >= 4 is 44.7 Å². The highest BCUT2D eigenvalue weighted by Crippen LogP contribution is 2.40. The molecule has 0 bridgehead atoms. The van der Waals surface area contributed by atoms with Gasteiger partial charge in [0.1, 0.15) is 0 Å². The Morgan fingerprint density at radius 3 is 3.04 bits per heavy atom. The minimum atomic E-state index is -0.311. The molecule has 5 nitrogen and oxygen atoms in total. The lowest BCUT2D eigenvalue weighted by molar-refractivity contribution is 0.225. The van der Waals surface area contributed by atoms with E-state index in [2.05, 4.69) is 48.7 Å². The maximum Gasteiger partial charge on any atom is 0.247 e. The molecule has 8 heteroatoms. The van der Waals surface area contributed by atoms with E-state index in [0.29, 0.717) is 16.7 Å². The number of thioether (sulfide) groups is 1. The number of hydrogen-bond acceptors (Lipinski definition) is 7. The summed E-state index contributed by atoms with van der Waals surface area (Å²) in [6.45, 7) is 2.06.